The highest BCUT2D eigenvalue weighted by Gasteiger charge is 2.57. The number of ether oxygens (including phenoxy) is 4. The molecule has 1 spiro atoms. The molecule has 3 aromatic rings. The van der Waals surface area contributed by atoms with Crippen LogP contribution in [0.1, 0.15) is 61.0 Å². The molecule has 1 atom stereocenters. The van der Waals surface area contributed by atoms with Crippen LogP contribution in [0.5, 0.6) is 17.2 Å². The molecule has 0 aromatic heterocycles. The number of carbonyl (C=O) groups is 2. The van der Waals surface area contributed by atoms with E-state index in [9.17, 15) is 9.59 Å². The van der Waals surface area contributed by atoms with Gasteiger partial charge in [0.2, 0.25) is 5.72 Å². The van der Waals surface area contributed by atoms with Gasteiger partial charge in [-0.05, 0) is 106 Å². The van der Waals surface area contributed by atoms with Crippen LogP contribution in [-0.4, -0.2) is 37.9 Å². The van der Waals surface area contributed by atoms with Crippen molar-refractivity contribution >= 4 is 23.7 Å². The van der Waals surface area contributed by atoms with E-state index >= 15 is 0 Å². The molecular weight excluding hydrogens is 530 g/mol. The Bertz CT molecular complexity index is 1490. The van der Waals surface area contributed by atoms with Crippen LogP contribution in [0.2, 0.25) is 0 Å². The maximum atomic E-state index is 12.8. The van der Waals surface area contributed by atoms with Crippen LogP contribution in [0.25, 0.3) is 6.08 Å². The molecule has 0 fully saturated rings. The average Bonchev–Trinajstić information content (AvgIpc) is 3.16. The van der Waals surface area contributed by atoms with Gasteiger partial charge in [-0.3, -0.25) is 0 Å². The lowest BCUT2D eigenvalue weighted by Gasteiger charge is -2.45. The van der Waals surface area contributed by atoms with Gasteiger partial charge in [-0.1, -0.05) is 24.8 Å². The minimum absolute atomic E-state index is 0.281. The van der Waals surface area contributed by atoms with Gasteiger partial charge in [-0.25, -0.2) is 9.59 Å². The molecule has 5 rings (SSSR count). The Balaban J connectivity index is 1.13. The summed E-state index contributed by atoms with van der Waals surface area (Å²) in [6.07, 6.45) is 8.94. The van der Waals surface area contributed by atoms with Crippen molar-refractivity contribution in [3.05, 3.63) is 102 Å². The number of hydrogen-bond acceptors (Lipinski definition) is 7. The number of benzene rings is 3. The van der Waals surface area contributed by atoms with Crippen LogP contribution >= 0.6 is 0 Å². The zero-order valence-electron chi connectivity index (χ0n) is 24.4. The van der Waals surface area contributed by atoms with Crippen molar-refractivity contribution in [1.29, 1.82) is 0 Å². The third-order valence-corrected chi connectivity index (χ3v) is 8.09. The predicted molar refractivity (Wildman–Crippen MR) is 163 cm³/mol. The Morgan fingerprint density at radius 3 is 2.38 bits per heavy atom. The topological polar surface area (TPSA) is 74.3 Å². The number of hydrogen-bond donors (Lipinski definition) is 0. The molecule has 0 bridgehead atoms. The second-order valence-electron chi connectivity index (χ2n) is 11.1. The highest BCUT2D eigenvalue weighted by atomic mass is 16.5. The molecule has 0 saturated carbocycles. The van der Waals surface area contributed by atoms with Crippen molar-refractivity contribution < 1.29 is 28.5 Å². The first-order valence-corrected chi connectivity index (χ1v) is 14.3. The van der Waals surface area contributed by atoms with E-state index in [0.717, 1.165) is 42.7 Å². The van der Waals surface area contributed by atoms with E-state index in [1.54, 1.807) is 30.3 Å². The Hall–Kier alpha value is -4.52. The third kappa shape index (κ3) is 5.64. The van der Waals surface area contributed by atoms with Crippen molar-refractivity contribution in [2.45, 2.75) is 50.7 Å². The van der Waals surface area contributed by atoms with Gasteiger partial charge in [0.05, 0.1) is 24.2 Å². The Labute approximate surface area is 247 Å². The fourth-order valence-corrected chi connectivity index (χ4v) is 5.65. The molecule has 7 heteroatoms. The first-order valence-electron chi connectivity index (χ1n) is 14.3. The molecule has 42 heavy (non-hydrogen) atoms. The van der Waals surface area contributed by atoms with Crippen LogP contribution in [-0.2, 0) is 14.9 Å². The maximum Gasteiger partial charge on any atom is 0.343 e. The molecule has 0 amide bonds. The third-order valence-electron chi connectivity index (χ3n) is 8.09. The summed E-state index contributed by atoms with van der Waals surface area (Å²) in [5.74, 6) is 1.05. The van der Waals surface area contributed by atoms with Gasteiger partial charge in [0.15, 0.2) is 0 Å². The predicted octanol–water partition coefficient (Wildman–Crippen LogP) is 7.10. The number of nitrogens with zero attached hydrogens (tertiary/aromatic N) is 1. The van der Waals surface area contributed by atoms with Crippen molar-refractivity contribution in [1.82, 2.24) is 0 Å². The molecule has 218 valence electrons. The number of carbonyl (C=O) groups excluding carboxylic acids is 2. The van der Waals surface area contributed by atoms with E-state index in [0.29, 0.717) is 30.3 Å². The minimum atomic E-state index is -0.659. The summed E-state index contributed by atoms with van der Waals surface area (Å²) in [5, 5.41) is 0. The maximum absolute atomic E-state index is 12.8. The molecule has 0 N–H and O–H groups in total. The summed E-state index contributed by atoms with van der Waals surface area (Å²) in [6.45, 7) is 8.75. The quantitative estimate of drug-likeness (QED) is 0.106. The molecule has 2 aliphatic rings. The van der Waals surface area contributed by atoms with Gasteiger partial charge in [0.25, 0.3) is 0 Å². The van der Waals surface area contributed by atoms with Gasteiger partial charge >= 0.3 is 11.9 Å². The second kappa shape index (κ2) is 12.1. The summed E-state index contributed by atoms with van der Waals surface area (Å²) in [7, 11) is 2.06. The fraction of sp³-hybridized carbons (Fsp3) is 0.314. The van der Waals surface area contributed by atoms with E-state index in [1.807, 2.05) is 24.3 Å². The Kier molecular flexibility index (Phi) is 8.39. The van der Waals surface area contributed by atoms with Crippen molar-refractivity contribution in [3.63, 3.8) is 0 Å². The number of rotatable bonds is 11. The number of anilines is 1. The SMILES string of the molecule is C=CC(=O)OCCCCCCOc1ccc(C(=O)Oc2ccc3c(c2)C=CC2(O3)N(C)c3ccccc3C2(C)C)cc1. The molecule has 0 aliphatic carbocycles. The Morgan fingerprint density at radius 1 is 0.929 bits per heavy atom. The van der Waals surface area contributed by atoms with Crippen LogP contribution in [0.15, 0.2) is 85.5 Å². The van der Waals surface area contributed by atoms with E-state index in [2.05, 4.69) is 56.6 Å². The number of unbranched alkanes of at least 4 members (excludes halogenated alkanes) is 3. The van der Waals surface area contributed by atoms with E-state index in [-0.39, 0.29) is 11.4 Å². The lowest BCUT2D eigenvalue weighted by atomic mass is 9.76. The number of para-hydroxylation sites is 1. The van der Waals surface area contributed by atoms with E-state index in [4.69, 9.17) is 18.9 Å². The van der Waals surface area contributed by atoms with Crippen LogP contribution in [0.4, 0.5) is 5.69 Å². The van der Waals surface area contributed by atoms with Gasteiger partial charge in [-0.15, -0.1) is 0 Å². The zero-order chi connectivity index (χ0) is 29.7. The van der Waals surface area contributed by atoms with Gasteiger partial charge in [0.1, 0.15) is 17.2 Å². The monoisotopic (exact) mass is 567 g/mol. The molecule has 7 nitrogen and oxygen atoms in total. The van der Waals surface area contributed by atoms with Crippen molar-refractivity contribution in [2.24, 2.45) is 0 Å². The first kappa shape index (κ1) is 29.0. The lowest BCUT2D eigenvalue weighted by molar-refractivity contribution is -0.137. The summed E-state index contributed by atoms with van der Waals surface area (Å²) in [6, 6.07) is 20.8. The molecular formula is C35H37NO6. The fourth-order valence-electron chi connectivity index (χ4n) is 5.65. The standard InChI is InChI=1S/C35H37NO6/c1-5-32(37)40-23-11-7-6-10-22-39-27-16-14-25(15-17-27)33(38)41-28-18-19-31-26(24-28)20-21-35(42-31)34(2,3)29-12-8-9-13-30(29)36(35)4/h5,8-9,12-21,24H,1,6-7,10-11,22-23H2,2-4H3. The van der Waals surface area contributed by atoms with E-state index in [1.165, 1.54) is 11.6 Å². The van der Waals surface area contributed by atoms with Crippen LogP contribution < -0.4 is 19.1 Å². The van der Waals surface area contributed by atoms with Gasteiger partial charge < -0.3 is 23.8 Å². The molecule has 3 aromatic carbocycles. The zero-order valence-corrected chi connectivity index (χ0v) is 24.4. The molecule has 1 unspecified atom stereocenters. The summed E-state index contributed by atoms with van der Waals surface area (Å²) >= 11 is 0. The largest absolute Gasteiger partial charge is 0.494 e. The highest BCUT2D eigenvalue weighted by molar-refractivity contribution is 5.91. The van der Waals surface area contributed by atoms with Crippen molar-refractivity contribution in [3.8, 4) is 17.2 Å². The number of esters is 2. The van der Waals surface area contributed by atoms with Crippen LogP contribution in [0.3, 0.4) is 0 Å². The lowest BCUT2D eigenvalue weighted by Crippen LogP contribution is -2.58. The van der Waals surface area contributed by atoms with Crippen LogP contribution in [0, 0.1) is 0 Å². The summed E-state index contributed by atoms with van der Waals surface area (Å²) in [5.41, 5.74) is 2.74. The van der Waals surface area contributed by atoms with E-state index < -0.39 is 11.7 Å². The number of fused-ring (bicyclic) bond motifs is 2. The molecule has 0 saturated heterocycles. The summed E-state index contributed by atoms with van der Waals surface area (Å²) in [4.78, 5) is 26.0. The Morgan fingerprint density at radius 2 is 1.64 bits per heavy atom. The highest BCUT2D eigenvalue weighted by Crippen LogP contribution is 2.54. The molecule has 2 aliphatic heterocycles. The smallest absolute Gasteiger partial charge is 0.343 e. The minimum Gasteiger partial charge on any atom is -0.494 e. The van der Waals surface area contributed by atoms with Crippen molar-refractivity contribution in [2.75, 3.05) is 25.2 Å². The summed E-state index contributed by atoms with van der Waals surface area (Å²) < 4.78 is 23.1. The second-order valence-corrected chi connectivity index (χ2v) is 11.1. The normalized spacial score (nSPS) is 17.6. The van der Waals surface area contributed by atoms with Gasteiger partial charge in [0, 0.05) is 24.4 Å². The molecule has 0 radical (unpaired) electrons. The van der Waals surface area contributed by atoms with Gasteiger partial charge in [-0.2, -0.15) is 0 Å². The molecule has 2 heterocycles. The average molecular weight is 568 g/mol. The first-order chi connectivity index (χ1) is 20.2. The number of likely N-dealkylation sites (N-methyl/N-ethyl adjacent to an activating group) is 1.